The highest BCUT2D eigenvalue weighted by Gasteiger charge is 2.43. The zero-order chi connectivity index (χ0) is 29.0. The molecule has 2 rings (SSSR count). The second kappa shape index (κ2) is 21.0. The van der Waals surface area contributed by atoms with Gasteiger partial charge < -0.3 is 25.4 Å². The third-order valence-electron chi connectivity index (χ3n) is 7.90. The fourth-order valence-electron chi connectivity index (χ4n) is 5.36. The topological polar surface area (TPSA) is 134 Å². The molecule has 1 aromatic heterocycles. The highest BCUT2D eigenvalue weighted by atomic mass is 16.6. The van der Waals surface area contributed by atoms with Crippen molar-refractivity contribution in [2.75, 3.05) is 11.9 Å². The molecule has 0 spiro atoms. The quantitative estimate of drug-likeness (QED) is 0.127. The lowest BCUT2D eigenvalue weighted by Gasteiger charge is -2.17. The number of rotatable bonds is 23. The summed E-state index contributed by atoms with van der Waals surface area (Å²) in [7, 11) is 0. The van der Waals surface area contributed by atoms with Gasteiger partial charge in [-0.1, -0.05) is 122 Å². The van der Waals surface area contributed by atoms with Crippen LogP contribution in [0.25, 0.3) is 0 Å². The van der Waals surface area contributed by atoms with Gasteiger partial charge >= 0.3 is 5.69 Å². The summed E-state index contributed by atoms with van der Waals surface area (Å²) >= 11 is 0. The summed E-state index contributed by atoms with van der Waals surface area (Å²) in [5.74, 6) is -0.0552. The van der Waals surface area contributed by atoms with E-state index in [0.29, 0.717) is 6.42 Å². The van der Waals surface area contributed by atoms with E-state index in [-0.39, 0.29) is 11.7 Å². The van der Waals surface area contributed by atoms with Gasteiger partial charge in [0.2, 0.25) is 5.91 Å². The maximum absolute atomic E-state index is 12.4. The van der Waals surface area contributed by atoms with Crippen molar-refractivity contribution in [1.82, 2.24) is 9.55 Å². The van der Waals surface area contributed by atoms with E-state index in [1.54, 1.807) is 0 Å². The second-order valence-corrected chi connectivity index (χ2v) is 11.4. The van der Waals surface area contributed by atoms with E-state index >= 15 is 0 Å². The number of nitrogens with zero attached hydrogens (tertiary/aromatic N) is 2. The van der Waals surface area contributed by atoms with Crippen molar-refractivity contribution in [3.05, 3.63) is 22.7 Å². The number of anilines is 1. The Bertz CT molecular complexity index is 864. The van der Waals surface area contributed by atoms with E-state index in [2.05, 4.69) is 17.2 Å². The van der Waals surface area contributed by atoms with Crippen molar-refractivity contribution in [2.24, 2.45) is 0 Å². The fourth-order valence-corrected chi connectivity index (χ4v) is 5.36. The molecule has 9 nitrogen and oxygen atoms in total. The molecule has 4 N–H and O–H groups in total. The molecule has 2 heterocycles. The summed E-state index contributed by atoms with van der Waals surface area (Å²) in [5.41, 5.74) is -0.726. The molecule has 40 heavy (non-hydrogen) atoms. The summed E-state index contributed by atoms with van der Waals surface area (Å²) in [6.07, 6.45) is 21.7. The Balaban J connectivity index is 1.43. The smallest absolute Gasteiger partial charge is 0.351 e. The van der Waals surface area contributed by atoms with Gasteiger partial charge in [0.15, 0.2) is 6.23 Å². The Morgan fingerprint density at radius 2 is 1.30 bits per heavy atom. The van der Waals surface area contributed by atoms with Crippen LogP contribution in [0, 0.1) is 0 Å². The zero-order valence-electron chi connectivity index (χ0n) is 24.8. The predicted octanol–water partition coefficient (Wildman–Crippen LogP) is 5.62. The van der Waals surface area contributed by atoms with Crippen LogP contribution in [0.4, 0.5) is 5.82 Å². The normalized spacial score (nSPS) is 20.7. The van der Waals surface area contributed by atoms with Crippen LogP contribution in [0.15, 0.2) is 17.1 Å². The number of aromatic nitrogens is 2. The van der Waals surface area contributed by atoms with Crippen LogP contribution in [-0.2, 0) is 9.53 Å². The first-order valence-corrected chi connectivity index (χ1v) is 16.0. The van der Waals surface area contributed by atoms with Gasteiger partial charge in [-0.2, -0.15) is 4.98 Å². The highest BCUT2D eigenvalue weighted by molar-refractivity contribution is 5.89. The molecule has 1 aromatic rings. The average Bonchev–Trinajstić information content (AvgIpc) is 3.23. The molecule has 1 unspecified atom stereocenters. The van der Waals surface area contributed by atoms with Crippen LogP contribution < -0.4 is 11.0 Å². The molecule has 0 aromatic carbocycles. The molecule has 0 bridgehead atoms. The molecule has 0 saturated carbocycles. The van der Waals surface area contributed by atoms with E-state index in [0.717, 1.165) is 23.8 Å². The minimum Gasteiger partial charge on any atom is -0.394 e. The summed E-state index contributed by atoms with van der Waals surface area (Å²) < 4.78 is 6.40. The first-order valence-electron chi connectivity index (χ1n) is 16.0. The van der Waals surface area contributed by atoms with Gasteiger partial charge in [0, 0.05) is 12.6 Å². The number of hydrogen-bond acceptors (Lipinski definition) is 7. The Morgan fingerprint density at radius 3 is 1.73 bits per heavy atom. The third-order valence-corrected chi connectivity index (χ3v) is 7.90. The average molecular weight is 566 g/mol. The van der Waals surface area contributed by atoms with Crippen LogP contribution >= 0.6 is 0 Å². The van der Waals surface area contributed by atoms with Crippen molar-refractivity contribution in [1.29, 1.82) is 0 Å². The lowest BCUT2D eigenvalue weighted by Crippen LogP contribution is -2.36. The van der Waals surface area contributed by atoms with Crippen molar-refractivity contribution < 1.29 is 24.9 Å². The van der Waals surface area contributed by atoms with Gasteiger partial charge in [-0.3, -0.25) is 9.36 Å². The lowest BCUT2D eigenvalue weighted by molar-refractivity contribution is -0.116. The number of amides is 1. The van der Waals surface area contributed by atoms with Gasteiger partial charge in [-0.05, 0) is 12.5 Å². The fraction of sp³-hybridized carbons (Fsp3) is 0.839. The zero-order valence-corrected chi connectivity index (χ0v) is 24.8. The molecule has 1 amide bonds. The van der Waals surface area contributed by atoms with E-state index in [1.807, 2.05) is 0 Å². The number of aliphatic hydroxyl groups excluding tert-OH is 3. The van der Waals surface area contributed by atoms with Crippen molar-refractivity contribution in [2.45, 2.75) is 160 Å². The summed E-state index contributed by atoms with van der Waals surface area (Å²) in [6.45, 7) is 1.79. The number of unbranched alkanes of at least 4 members (excludes halogenated alkanes) is 18. The highest BCUT2D eigenvalue weighted by Crippen LogP contribution is 2.28. The molecule has 1 fully saturated rings. The van der Waals surface area contributed by atoms with Crippen LogP contribution in [0.3, 0.4) is 0 Å². The van der Waals surface area contributed by atoms with Crippen molar-refractivity contribution in [3.63, 3.8) is 0 Å². The van der Waals surface area contributed by atoms with Gasteiger partial charge in [0.05, 0.1) is 6.61 Å². The number of nitrogens with one attached hydrogen (secondary N) is 1. The summed E-state index contributed by atoms with van der Waals surface area (Å²) in [5, 5.41) is 31.8. The molecule has 0 aliphatic carbocycles. The third kappa shape index (κ3) is 13.2. The minimum atomic E-state index is -1.37. The number of ether oxygens (including phenoxy) is 1. The van der Waals surface area contributed by atoms with E-state index in [9.17, 15) is 24.9 Å². The first-order chi connectivity index (χ1) is 19.5. The SMILES string of the molecule is CCCCCCCCCCCCCCCCCCCCCC(=O)Nc1ccn([C@@H]2O[C@H](CO)C(O)[C@H]2O)c(=O)n1. The van der Waals surface area contributed by atoms with E-state index < -0.39 is 36.8 Å². The van der Waals surface area contributed by atoms with Crippen LogP contribution in [0.5, 0.6) is 0 Å². The Kier molecular flexibility index (Phi) is 18.0. The maximum atomic E-state index is 12.4. The van der Waals surface area contributed by atoms with Gasteiger partial charge in [-0.25, -0.2) is 4.79 Å². The lowest BCUT2D eigenvalue weighted by atomic mass is 10.0. The Labute approximate surface area is 240 Å². The molecule has 1 saturated heterocycles. The summed E-state index contributed by atoms with van der Waals surface area (Å²) in [4.78, 5) is 28.4. The Hall–Kier alpha value is -1.81. The molecular formula is C31H55N3O6. The second-order valence-electron chi connectivity index (χ2n) is 11.4. The Morgan fingerprint density at radius 1 is 0.825 bits per heavy atom. The molecule has 1 aliphatic rings. The first kappa shape index (κ1) is 34.4. The van der Waals surface area contributed by atoms with Gasteiger partial charge in [0.25, 0.3) is 0 Å². The minimum absolute atomic E-state index is 0.135. The number of hydrogen-bond donors (Lipinski definition) is 4. The number of carbonyl (C=O) groups excluding carboxylic acids is 1. The monoisotopic (exact) mass is 565 g/mol. The van der Waals surface area contributed by atoms with Crippen LogP contribution in [0.2, 0.25) is 0 Å². The molecule has 9 heteroatoms. The number of aliphatic hydroxyl groups is 3. The molecule has 0 radical (unpaired) electrons. The van der Waals surface area contributed by atoms with Crippen molar-refractivity contribution in [3.8, 4) is 0 Å². The summed E-state index contributed by atoms with van der Waals surface area (Å²) in [6, 6.07) is 1.45. The predicted molar refractivity (Wildman–Crippen MR) is 158 cm³/mol. The molecule has 4 atom stereocenters. The molecule has 1 aliphatic heterocycles. The van der Waals surface area contributed by atoms with Crippen molar-refractivity contribution >= 4 is 11.7 Å². The number of carbonyl (C=O) groups is 1. The van der Waals surface area contributed by atoms with E-state index in [4.69, 9.17) is 4.74 Å². The van der Waals surface area contributed by atoms with Crippen LogP contribution in [0.1, 0.15) is 142 Å². The largest absolute Gasteiger partial charge is 0.394 e. The molecule has 230 valence electrons. The standard InChI is InChI=1S/C31H55N3O6/c1-2-3-4-5-6-7-8-9-10-11-12-13-14-15-16-17-18-19-20-21-27(36)32-26-22-23-34(31(39)33-26)30-29(38)28(37)25(24-35)40-30/h22-23,25,28-30,35,37-38H,2-21,24H2,1H3,(H,32,33,36,39)/t25-,28?,29-,30-/m1/s1. The molecular weight excluding hydrogens is 510 g/mol. The van der Waals surface area contributed by atoms with Gasteiger partial charge in [0.1, 0.15) is 24.1 Å². The van der Waals surface area contributed by atoms with Crippen LogP contribution in [-0.4, -0.2) is 55.7 Å². The van der Waals surface area contributed by atoms with Gasteiger partial charge in [-0.15, -0.1) is 0 Å². The van der Waals surface area contributed by atoms with E-state index in [1.165, 1.54) is 115 Å². The maximum Gasteiger partial charge on any atom is 0.351 e.